The summed E-state index contributed by atoms with van der Waals surface area (Å²) < 4.78 is 4.84. The lowest BCUT2D eigenvalue weighted by molar-refractivity contribution is -0.137. The Hall–Kier alpha value is -2.46. The molecule has 1 heterocycles. The number of carbonyl (C=O) groups excluding carboxylic acids is 1. The molecule has 0 fully saturated rings. The summed E-state index contributed by atoms with van der Waals surface area (Å²) in [5.41, 5.74) is 3.40. The van der Waals surface area contributed by atoms with Crippen LogP contribution in [-0.4, -0.2) is 22.7 Å². The minimum atomic E-state index is -0.711. The van der Waals surface area contributed by atoms with Crippen molar-refractivity contribution in [2.75, 3.05) is 6.61 Å². The third kappa shape index (κ3) is 4.02. The zero-order valence-electron chi connectivity index (χ0n) is 12.7. The largest absolute Gasteiger partial charge is 0.463 e. The third-order valence-electron chi connectivity index (χ3n) is 3.29. The molecule has 1 aromatic heterocycles. The minimum Gasteiger partial charge on any atom is -0.463 e. The highest BCUT2D eigenvalue weighted by atomic mass is 16.5. The van der Waals surface area contributed by atoms with E-state index in [9.17, 15) is 9.90 Å². The number of hydrogen-bond donors (Lipinski definition) is 1. The van der Waals surface area contributed by atoms with E-state index in [2.05, 4.69) is 4.98 Å². The highest BCUT2D eigenvalue weighted by molar-refractivity contribution is 5.87. The molecule has 2 rings (SSSR count). The fourth-order valence-corrected chi connectivity index (χ4v) is 2.18. The van der Waals surface area contributed by atoms with E-state index in [1.165, 1.54) is 6.08 Å². The average Bonchev–Trinajstić information content (AvgIpc) is 2.53. The summed E-state index contributed by atoms with van der Waals surface area (Å²) in [5.74, 6) is -0.361. The van der Waals surface area contributed by atoms with Crippen LogP contribution in [0.2, 0.25) is 0 Å². The van der Waals surface area contributed by atoms with E-state index < -0.39 is 6.10 Å². The first kappa shape index (κ1) is 15.9. The number of rotatable bonds is 5. The Bertz CT molecular complexity index is 665. The molecule has 1 atom stereocenters. The van der Waals surface area contributed by atoms with Crippen molar-refractivity contribution in [3.8, 4) is 0 Å². The van der Waals surface area contributed by atoms with Gasteiger partial charge >= 0.3 is 5.97 Å². The summed E-state index contributed by atoms with van der Waals surface area (Å²) in [5, 5.41) is 10.4. The van der Waals surface area contributed by atoms with Crippen molar-refractivity contribution in [2.45, 2.75) is 20.0 Å². The molecular weight excluding hydrogens is 278 g/mol. The van der Waals surface area contributed by atoms with Gasteiger partial charge < -0.3 is 9.84 Å². The van der Waals surface area contributed by atoms with Crippen molar-refractivity contribution in [2.24, 2.45) is 0 Å². The Morgan fingerprint density at radius 1 is 1.41 bits per heavy atom. The maximum atomic E-state index is 11.3. The first-order valence-corrected chi connectivity index (χ1v) is 7.15. The number of aliphatic hydroxyl groups excluding tert-OH is 1. The Labute approximate surface area is 130 Å². The number of carbonyl (C=O) groups is 1. The maximum Gasteiger partial charge on any atom is 0.330 e. The molecule has 0 radical (unpaired) electrons. The molecule has 1 unspecified atom stereocenters. The lowest BCUT2D eigenvalue weighted by Crippen LogP contribution is -2.02. The molecule has 0 saturated carbocycles. The average molecular weight is 297 g/mol. The number of hydrogen-bond acceptors (Lipinski definition) is 4. The van der Waals surface area contributed by atoms with E-state index in [1.54, 1.807) is 31.5 Å². The van der Waals surface area contributed by atoms with Crippen LogP contribution in [0.15, 0.2) is 48.8 Å². The monoisotopic (exact) mass is 297 g/mol. The Kier molecular flexibility index (Phi) is 5.44. The normalized spacial score (nSPS) is 12.3. The third-order valence-corrected chi connectivity index (χ3v) is 3.29. The van der Waals surface area contributed by atoms with E-state index in [1.807, 2.05) is 31.2 Å². The van der Waals surface area contributed by atoms with Crippen molar-refractivity contribution >= 4 is 12.0 Å². The molecule has 0 amide bonds. The number of aryl methyl sites for hydroxylation is 1. The molecule has 4 heteroatoms. The number of esters is 1. The van der Waals surface area contributed by atoms with E-state index in [-0.39, 0.29) is 5.97 Å². The molecule has 1 N–H and O–H groups in total. The van der Waals surface area contributed by atoms with E-state index in [0.717, 1.165) is 22.3 Å². The second-order valence-corrected chi connectivity index (χ2v) is 4.89. The zero-order valence-corrected chi connectivity index (χ0v) is 12.7. The van der Waals surface area contributed by atoms with Crippen LogP contribution in [0.3, 0.4) is 0 Å². The molecule has 0 spiro atoms. The maximum absolute atomic E-state index is 11.3. The van der Waals surface area contributed by atoms with Crippen LogP contribution < -0.4 is 0 Å². The summed E-state index contributed by atoms with van der Waals surface area (Å²) in [7, 11) is 0. The molecule has 0 bridgehead atoms. The standard InChI is InChI=1S/C18H19NO3/c1-3-22-17(20)9-7-14-6-8-16(13(2)11-14)18(21)15-5-4-10-19-12-15/h4-12,18,21H,3H2,1-2H3/b9-7+. The van der Waals surface area contributed by atoms with Gasteiger partial charge in [0.1, 0.15) is 6.10 Å². The predicted molar refractivity (Wildman–Crippen MR) is 85.1 cm³/mol. The molecule has 22 heavy (non-hydrogen) atoms. The Morgan fingerprint density at radius 2 is 2.23 bits per heavy atom. The second kappa shape index (κ2) is 7.52. The highest BCUT2D eigenvalue weighted by Gasteiger charge is 2.12. The van der Waals surface area contributed by atoms with Crippen LogP contribution in [-0.2, 0) is 9.53 Å². The molecule has 2 aromatic rings. The minimum absolute atomic E-state index is 0.360. The van der Waals surface area contributed by atoms with Crippen LogP contribution in [0.5, 0.6) is 0 Å². The van der Waals surface area contributed by atoms with Gasteiger partial charge in [-0.3, -0.25) is 4.98 Å². The highest BCUT2D eigenvalue weighted by Crippen LogP contribution is 2.25. The van der Waals surface area contributed by atoms with E-state index in [4.69, 9.17) is 4.74 Å². The van der Waals surface area contributed by atoms with Gasteiger partial charge in [0.05, 0.1) is 6.61 Å². The van der Waals surface area contributed by atoms with Gasteiger partial charge in [-0.2, -0.15) is 0 Å². The van der Waals surface area contributed by atoms with Crippen LogP contribution in [0.25, 0.3) is 6.08 Å². The molecular formula is C18H19NO3. The number of benzene rings is 1. The van der Waals surface area contributed by atoms with Gasteiger partial charge in [-0.25, -0.2) is 4.79 Å². The zero-order chi connectivity index (χ0) is 15.9. The quantitative estimate of drug-likeness (QED) is 0.680. The number of pyridine rings is 1. The van der Waals surface area contributed by atoms with Crippen LogP contribution in [0.4, 0.5) is 0 Å². The first-order chi connectivity index (χ1) is 10.6. The smallest absolute Gasteiger partial charge is 0.330 e. The van der Waals surface area contributed by atoms with Gasteiger partial charge in [0, 0.05) is 24.0 Å². The molecule has 1 aromatic carbocycles. The number of aliphatic hydroxyl groups is 1. The number of nitrogens with zero attached hydrogens (tertiary/aromatic N) is 1. The van der Waals surface area contributed by atoms with Crippen molar-refractivity contribution < 1.29 is 14.6 Å². The van der Waals surface area contributed by atoms with Crippen LogP contribution in [0, 0.1) is 6.92 Å². The van der Waals surface area contributed by atoms with Gasteiger partial charge in [-0.15, -0.1) is 0 Å². The van der Waals surface area contributed by atoms with Gasteiger partial charge in [-0.1, -0.05) is 24.3 Å². The van der Waals surface area contributed by atoms with Crippen molar-refractivity contribution in [1.29, 1.82) is 0 Å². The topological polar surface area (TPSA) is 59.4 Å². The van der Waals surface area contributed by atoms with E-state index >= 15 is 0 Å². The van der Waals surface area contributed by atoms with Gasteiger partial charge in [0.25, 0.3) is 0 Å². The SMILES string of the molecule is CCOC(=O)/C=C/c1ccc(C(O)c2cccnc2)c(C)c1. The van der Waals surface area contributed by atoms with Gasteiger partial charge in [-0.05, 0) is 42.7 Å². The number of ether oxygens (including phenoxy) is 1. The summed E-state index contributed by atoms with van der Waals surface area (Å²) in [4.78, 5) is 15.3. The number of aromatic nitrogens is 1. The second-order valence-electron chi connectivity index (χ2n) is 4.89. The van der Waals surface area contributed by atoms with Gasteiger partial charge in [0.2, 0.25) is 0 Å². The summed E-state index contributed by atoms with van der Waals surface area (Å²) in [6.07, 6.45) is 5.71. The molecule has 0 aliphatic heterocycles. The molecule has 0 saturated heterocycles. The fourth-order valence-electron chi connectivity index (χ4n) is 2.18. The summed E-state index contributed by atoms with van der Waals surface area (Å²) in [6, 6.07) is 9.27. The molecule has 4 nitrogen and oxygen atoms in total. The van der Waals surface area contributed by atoms with Gasteiger partial charge in [0.15, 0.2) is 0 Å². The van der Waals surface area contributed by atoms with Crippen molar-refractivity contribution in [3.63, 3.8) is 0 Å². The van der Waals surface area contributed by atoms with Crippen LogP contribution in [0.1, 0.15) is 35.3 Å². The fraction of sp³-hybridized carbons (Fsp3) is 0.222. The van der Waals surface area contributed by atoms with Crippen LogP contribution >= 0.6 is 0 Å². The predicted octanol–water partition coefficient (Wildman–Crippen LogP) is 3.05. The molecule has 0 aliphatic rings. The Morgan fingerprint density at radius 3 is 2.86 bits per heavy atom. The summed E-state index contributed by atoms with van der Waals surface area (Å²) >= 11 is 0. The molecule has 114 valence electrons. The van der Waals surface area contributed by atoms with Crippen molar-refractivity contribution in [3.05, 3.63) is 71.1 Å². The van der Waals surface area contributed by atoms with E-state index in [0.29, 0.717) is 6.61 Å². The summed E-state index contributed by atoms with van der Waals surface area (Å²) in [6.45, 7) is 4.06. The first-order valence-electron chi connectivity index (χ1n) is 7.15. The lowest BCUT2D eigenvalue weighted by Gasteiger charge is -2.14. The molecule has 0 aliphatic carbocycles. The lowest BCUT2D eigenvalue weighted by atomic mass is 9.97. The van der Waals surface area contributed by atoms with Crippen molar-refractivity contribution in [1.82, 2.24) is 4.98 Å². The Balaban J connectivity index is 2.18.